The van der Waals surface area contributed by atoms with Gasteiger partial charge in [-0.05, 0) is 215 Å². The maximum atomic E-state index is 5.49. The third-order valence-corrected chi connectivity index (χ3v) is 24.5. The van der Waals surface area contributed by atoms with E-state index in [1.165, 1.54) is 132 Å². The van der Waals surface area contributed by atoms with Gasteiger partial charge in [-0.15, -0.1) is 0 Å². The van der Waals surface area contributed by atoms with Gasteiger partial charge >= 0.3 is 0 Å². The first-order valence-corrected chi connectivity index (χ1v) is 37.7. The minimum Gasteiger partial charge on any atom is -0.309 e. The molecule has 0 fully saturated rings. The smallest absolute Gasteiger partial charge is 0.164 e. The first kappa shape index (κ1) is 62.1. The SMILES string of the molecule is CC1(C)c2ccccc2-c2cc(-c3ccc4c5ccccc5n(-c5ccc(-c6nc(-c7ccc(-n8c9ccccc9c9ccc(-c%10ccc%11c(c%10)-c%10ccccc%10C%11(C)C)cc98)cc7)nc(-c7cccc(-n8c9ccccc9c9ccc(-c%10ccc%11c(c%10)-c%10ccccc%10C%11(C)C)cc98)c7)n6)cc5)c4c3)ccc21. The number of hydrogen-bond donors (Lipinski definition) is 0. The average molecular weight is 1380 g/mol. The molecule has 0 N–H and O–H groups in total. The van der Waals surface area contributed by atoms with Crippen LogP contribution in [0.25, 0.3) is 183 Å². The monoisotopic (exact) mass is 1380 g/mol. The molecule has 0 atom stereocenters. The Labute approximate surface area is 626 Å². The summed E-state index contributed by atoms with van der Waals surface area (Å²) in [5.41, 5.74) is 35.6. The highest BCUT2D eigenvalue weighted by Crippen LogP contribution is 2.54. The van der Waals surface area contributed by atoms with Gasteiger partial charge in [-0.3, -0.25) is 0 Å². The van der Waals surface area contributed by atoms with E-state index in [1.807, 2.05) is 0 Å². The standard InChI is InChI=1S/C102H72N6/c1-100(2)85-28-13-7-22-73(85)82-55-63(41-51-88(82)100)66-38-48-79-76-25-10-16-31-91(76)106(94(79)58-66)70-44-34-61(35-45-70)97-103-98(62-36-46-71(47-37-62)107-92-32-17-11-26-77(92)80-49-39-67(59-95(80)107)64-42-52-89-83(56-64)74-23-8-14-29-86(74)101(89,3)4)105-99(104-97)69-20-19-21-72(54-69)108-93-33-18-12-27-78(93)81-50-40-68(60-96(81)108)65-43-53-90-84(57-65)75-24-9-15-30-87(75)102(90,5)6/h7-60H,1-6H3. The minimum atomic E-state index is -0.0741. The Kier molecular flexibility index (Phi) is 13.1. The largest absolute Gasteiger partial charge is 0.309 e. The normalized spacial score (nSPS) is 14.1. The maximum absolute atomic E-state index is 5.49. The Balaban J connectivity index is 0.671. The van der Waals surface area contributed by atoms with Crippen LogP contribution >= 0.6 is 0 Å². The molecule has 4 aromatic heterocycles. The van der Waals surface area contributed by atoms with E-state index >= 15 is 0 Å². The van der Waals surface area contributed by atoms with Crippen LogP contribution in [0.5, 0.6) is 0 Å². The lowest BCUT2D eigenvalue weighted by Crippen LogP contribution is -2.14. The molecule has 22 rings (SSSR count). The van der Waals surface area contributed by atoms with Crippen molar-refractivity contribution in [3.8, 4) is 118 Å². The van der Waals surface area contributed by atoms with E-state index < -0.39 is 0 Å². The van der Waals surface area contributed by atoms with Crippen molar-refractivity contribution in [3.05, 3.63) is 361 Å². The highest BCUT2D eigenvalue weighted by molar-refractivity contribution is 6.13. The minimum absolute atomic E-state index is 0.0656. The molecule has 0 saturated heterocycles. The second kappa shape index (κ2) is 22.9. The van der Waals surface area contributed by atoms with Gasteiger partial charge < -0.3 is 13.7 Å². The third kappa shape index (κ3) is 9.10. The van der Waals surface area contributed by atoms with Gasteiger partial charge in [0.2, 0.25) is 0 Å². The van der Waals surface area contributed by atoms with Gasteiger partial charge in [-0.2, -0.15) is 0 Å². The number of benzene rings is 15. The molecule has 6 heteroatoms. The summed E-state index contributed by atoms with van der Waals surface area (Å²) in [5.74, 6) is 1.74. The van der Waals surface area contributed by atoms with Crippen LogP contribution in [0, 0.1) is 0 Å². The fourth-order valence-electron chi connectivity index (χ4n) is 19.1. The van der Waals surface area contributed by atoms with Gasteiger partial charge in [0.25, 0.3) is 0 Å². The predicted molar refractivity (Wildman–Crippen MR) is 448 cm³/mol. The molecule has 0 unspecified atom stereocenters. The molecule has 3 aliphatic rings. The highest BCUT2D eigenvalue weighted by Gasteiger charge is 2.38. The number of aromatic nitrogens is 6. The van der Waals surface area contributed by atoms with Crippen LogP contribution in [0.4, 0.5) is 0 Å². The average Bonchev–Trinajstić information content (AvgIpc) is 1.60. The molecule has 0 aliphatic heterocycles. The lowest BCUT2D eigenvalue weighted by molar-refractivity contribution is 0.660. The molecule has 0 radical (unpaired) electrons. The third-order valence-electron chi connectivity index (χ3n) is 24.5. The number of nitrogens with zero attached hydrogens (tertiary/aromatic N) is 6. The molecule has 510 valence electrons. The summed E-state index contributed by atoms with van der Waals surface area (Å²) >= 11 is 0. The van der Waals surface area contributed by atoms with Crippen molar-refractivity contribution in [1.82, 2.24) is 28.7 Å². The maximum Gasteiger partial charge on any atom is 0.164 e. The predicted octanol–water partition coefficient (Wildman–Crippen LogP) is 26.1. The van der Waals surface area contributed by atoms with Crippen LogP contribution in [0.1, 0.15) is 74.9 Å². The molecule has 0 amide bonds. The van der Waals surface area contributed by atoms with Crippen molar-refractivity contribution in [2.24, 2.45) is 0 Å². The Morgan fingerprint density at radius 3 is 0.833 bits per heavy atom. The fourth-order valence-corrected chi connectivity index (χ4v) is 19.1. The van der Waals surface area contributed by atoms with E-state index in [-0.39, 0.29) is 16.2 Å². The van der Waals surface area contributed by atoms with Crippen LogP contribution in [0.3, 0.4) is 0 Å². The quantitative estimate of drug-likeness (QED) is 0.145. The van der Waals surface area contributed by atoms with Gasteiger partial charge in [0.05, 0.1) is 33.1 Å². The number of para-hydroxylation sites is 3. The summed E-state index contributed by atoms with van der Waals surface area (Å²) in [6.07, 6.45) is 0. The van der Waals surface area contributed by atoms with E-state index in [9.17, 15) is 0 Å². The van der Waals surface area contributed by atoms with Crippen LogP contribution in [-0.2, 0) is 16.2 Å². The molecule has 0 bridgehead atoms. The lowest BCUT2D eigenvalue weighted by atomic mass is 9.82. The van der Waals surface area contributed by atoms with Gasteiger partial charge in [0, 0.05) is 82.3 Å². The summed E-state index contributed by atoms with van der Waals surface area (Å²) in [4.78, 5) is 16.5. The first-order chi connectivity index (χ1) is 52.8. The summed E-state index contributed by atoms with van der Waals surface area (Å²) in [7, 11) is 0. The van der Waals surface area contributed by atoms with Crippen molar-refractivity contribution in [2.75, 3.05) is 0 Å². The number of fused-ring (bicyclic) bond motifs is 18. The zero-order valence-electron chi connectivity index (χ0n) is 60.9. The van der Waals surface area contributed by atoms with Crippen molar-refractivity contribution < 1.29 is 0 Å². The number of rotatable bonds is 9. The summed E-state index contributed by atoms with van der Waals surface area (Å²) < 4.78 is 7.24. The second-order valence-electron chi connectivity index (χ2n) is 31.5. The van der Waals surface area contributed by atoms with Crippen LogP contribution in [-0.4, -0.2) is 28.7 Å². The topological polar surface area (TPSA) is 53.5 Å². The van der Waals surface area contributed by atoms with E-state index in [2.05, 4.69) is 383 Å². The Bertz CT molecular complexity index is 6780. The van der Waals surface area contributed by atoms with Crippen LogP contribution in [0.15, 0.2) is 328 Å². The van der Waals surface area contributed by atoms with Crippen molar-refractivity contribution in [1.29, 1.82) is 0 Å². The van der Waals surface area contributed by atoms with Crippen molar-refractivity contribution >= 4 is 65.4 Å². The molecule has 3 aliphatic carbocycles. The summed E-state index contributed by atoms with van der Waals surface area (Å²) in [6.45, 7) is 14.1. The molecule has 0 saturated carbocycles. The highest BCUT2D eigenvalue weighted by atomic mass is 15.0. The van der Waals surface area contributed by atoms with Gasteiger partial charge in [-0.25, -0.2) is 15.0 Å². The molecule has 6 nitrogen and oxygen atoms in total. The second-order valence-corrected chi connectivity index (χ2v) is 31.5. The zero-order chi connectivity index (χ0) is 72.1. The molecule has 19 aromatic rings. The van der Waals surface area contributed by atoms with E-state index in [1.54, 1.807) is 0 Å². The van der Waals surface area contributed by atoms with Crippen molar-refractivity contribution in [2.45, 2.75) is 57.8 Å². The van der Waals surface area contributed by atoms with Crippen molar-refractivity contribution in [3.63, 3.8) is 0 Å². The van der Waals surface area contributed by atoms with E-state index in [0.717, 1.165) is 66.9 Å². The molecule has 4 heterocycles. The van der Waals surface area contributed by atoms with Gasteiger partial charge in [0.1, 0.15) is 0 Å². The molecular formula is C102H72N6. The Hall–Kier alpha value is -13.3. The summed E-state index contributed by atoms with van der Waals surface area (Å²) in [5, 5.41) is 7.20. The Morgan fingerprint density at radius 2 is 0.463 bits per heavy atom. The van der Waals surface area contributed by atoms with E-state index in [0.29, 0.717) is 17.5 Å². The molecule has 108 heavy (non-hydrogen) atoms. The summed E-state index contributed by atoms with van der Waals surface area (Å²) in [6, 6.07) is 121. The molecular weight excluding hydrogens is 1310 g/mol. The zero-order valence-corrected chi connectivity index (χ0v) is 60.9. The van der Waals surface area contributed by atoms with Crippen LogP contribution < -0.4 is 0 Å². The van der Waals surface area contributed by atoms with Gasteiger partial charge in [-0.1, -0.05) is 254 Å². The molecule has 0 spiro atoms. The molecule has 15 aromatic carbocycles. The Morgan fingerprint density at radius 1 is 0.185 bits per heavy atom. The van der Waals surface area contributed by atoms with E-state index in [4.69, 9.17) is 15.0 Å². The lowest BCUT2D eigenvalue weighted by Gasteiger charge is -2.21. The number of hydrogen-bond acceptors (Lipinski definition) is 3. The van der Waals surface area contributed by atoms with Crippen LogP contribution in [0.2, 0.25) is 0 Å². The van der Waals surface area contributed by atoms with Gasteiger partial charge in [0.15, 0.2) is 17.5 Å². The fraction of sp³-hybridized carbons (Fsp3) is 0.0882. The first-order valence-electron chi connectivity index (χ1n) is 37.7.